The van der Waals surface area contributed by atoms with E-state index in [-0.39, 0.29) is 28.1 Å². The van der Waals surface area contributed by atoms with E-state index in [4.69, 9.17) is 5.84 Å². The third-order valence-corrected chi connectivity index (χ3v) is 3.67. The van der Waals surface area contributed by atoms with Crippen LogP contribution in [-0.2, 0) is 12.1 Å². The van der Waals surface area contributed by atoms with Crippen molar-refractivity contribution in [3.63, 3.8) is 0 Å². The fourth-order valence-electron chi connectivity index (χ4n) is 1.77. The highest BCUT2D eigenvalue weighted by atomic mass is 32.2. The van der Waals surface area contributed by atoms with Gasteiger partial charge in [0.05, 0.1) is 10.8 Å². The number of nitrogen functional groups attached to an aromatic ring is 1. The Labute approximate surface area is 125 Å². The number of nitrogens with two attached hydrogens (primary N) is 1. The van der Waals surface area contributed by atoms with E-state index in [0.717, 1.165) is 11.8 Å². The van der Waals surface area contributed by atoms with Crippen LogP contribution in [0.15, 0.2) is 5.16 Å². The van der Waals surface area contributed by atoms with Crippen molar-refractivity contribution in [3.8, 4) is 0 Å². The van der Waals surface area contributed by atoms with Crippen molar-refractivity contribution in [1.29, 1.82) is 0 Å². The molecule has 2 N–H and O–H groups in total. The first-order chi connectivity index (χ1) is 10.1. The molecule has 0 radical (unpaired) electrons. The summed E-state index contributed by atoms with van der Waals surface area (Å²) in [5.74, 6) is 3.97. The molecule has 0 unspecified atom stereocenters. The lowest BCUT2D eigenvalue weighted by Gasteiger charge is -2.06. The van der Waals surface area contributed by atoms with Gasteiger partial charge in [0.25, 0.3) is 5.82 Å². The maximum atomic E-state index is 12.5. The average molecular weight is 337 g/mol. The van der Waals surface area contributed by atoms with E-state index < -0.39 is 16.9 Å². The minimum Gasteiger partial charge on any atom is -0.335 e. The quantitative estimate of drug-likeness (QED) is 0.388. The Bertz CT molecular complexity index is 724. The summed E-state index contributed by atoms with van der Waals surface area (Å²) in [6, 6.07) is 0. The fourth-order valence-corrected chi connectivity index (χ4v) is 2.58. The third-order valence-electron chi connectivity index (χ3n) is 2.76. The second-order valence-corrected chi connectivity index (χ2v) is 5.14. The summed E-state index contributed by atoms with van der Waals surface area (Å²) in [5, 5.41) is 21.0. The lowest BCUT2D eigenvalue weighted by molar-refractivity contribution is -0.386. The molecule has 0 amide bonds. The number of nitrogens with zero attached hydrogens (tertiary/aromatic N) is 6. The summed E-state index contributed by atoms with van der Waals surface area (Å²) in [4.78, 5) is 10.3. The van der Waals surface area contributed by atoms with Crippen molar-refractivity contribution in [3.05, 3.63) is 27.3 Å². The summed E-state index contributed by atoms with van der Waals surface area (Å²) in [7, 11) is 0. The fraction of sp³-hybridized carbons (Fsp3) is 0.444. The Balaban J connectivity index is 2.20. The standard InChI is InChI=1S/C9H10F3N7O2S/c1-4-6(19(20)21)5(2)17(16-4)3-22-8-15-14-7(18(8)13)9(10,11)12/h3,13H2,1-2H3. The molecule has 0 atom stereocenters. The number of rotatable bonds is 4. The molecule has 2 rings (SSSR count). The summed E-state index contributed by atoms with van der Waals surface area (Å²) in [6.45, 7) is 2.96. The Kier molecular flexibility index (Phi) is 4.00. The molecule has 0 aliphatic carbocycles. The molecule has 2 aromatic heterocycles. The van der Waals surface area contributed by atoms with Crippen LogP contribution in [0.3, 0.4) is 0 Å². The van der Waals surface area contributed by atoms with Crippen LogP contribution in [0.5, 0.6) is 0 Å². The van der Waals surface area contributed by atoms with Gasteiger partial charge in [0, 0.05) is 0 Å². The summed E-state index contributed by atoms with van der Waals surface area (Å²) < 4.78 is 39.2. The number of thioether (sulfide) groups is 1. The smallest absolute Gasteiger partial charge is 0.335 e. The predicted octanol–water partition coefficient (Wildman–Crippen LogP) is 1.48. The maximum absolute atomic E-state index is 12.5. The van der Waals surface area contributed by atoms with Gasteiger partial charge in [0.15, 0.2) is 0 Å². The summed E-state index contributed by atoms with van der Waals surface area (Å²) in [6.07, 6.45) is -4.71. The van der Waals surface area contributed by atoms with E-state index in [9.17, 15) is 23.3 Å². The molecule has 22 heavy (non-hydrogen) atoms. The highest BCUT2D eigenvalue weighted by Crippen LogP contribution is 2.30. The molecule has 2 aromatic rings. The molecule has 0 saturated carbocycles. The molecule has 0 fully saturated rings. The van der Waals surface area contributed by atoms with Crippen LogP contribution >= 0.6 is 11.8 Å². The van der Waals surface area contributed by atoms with E-state index in [2.05, 4.69) is 15.3 Å². The van der Waals surface area contributed by atoms with Gasteiger partial charge in [-0.2, -0.15) is 18.3 Å². The van der Waals surface area contributed by atoms with E-state index >= 15 is 0 Å². The van der Waals surface area contributed by atoms with E-state index in [0.29, 0.717) is 4.68 Å². The minimum absolute atomic E-state index is 0.00764. The van der Waals surface area contributed by atoms with E-state index in [1.54, 1.807) is 0 Å². The Morgan fingerprint density at radius 3 is 2.45 bits per heavy atom. The number of halogens is 3. The van der Waals surface area contributed by atoms with Crippen LogP contribution in [0.25, 0.3) is 0 Å². The molecule has 0 bridgehead atoms. The highest BCUT2D eigenvalue weighted by molar-refractivity contribution is 7.98. The molecule has 13 heteroatoms. The van der Waals surface area contributed by atoms with Gasteiger partial charge in [-0.1, -0.05) is 11.8 Å². The van der Waals surface area contributed by atoms with Crippen molar-refractivity contribution < 1.29 is 18.1 Å². The number of nitro groups is 1. The van der Waals surface area contributed by atoms with Gasteiger partial charge < -0.3 is 5.84 Å². The second kappa shape index (κ2) is 5.47. The zero-order chi connectivity index (χ0) is 16.7. The molecule has 2 heterocycles. The number of aryl methyl sites for hydroxylation is 1. The highest BCUT2D eigenvalue weighted by Gasteiger charge is 2.38. The van der Waals surface area contributed by atoms with Crippen molar-refractivity contribution in [1.82, 2.24) is 24.7 Å². The molecule has 0 aliphatic heterocycles. The zero-order valence-corrected chi connectivity index (χ0v) is 12.1. The lowest BCUT2D eigenvalue weighted by Crippen LogP contribution is -2.21. The normalized spacial score (nSPS) is 11.9. The number of hydrogen-bond donors (Lipinski definition) is 1. The summed E-state index contributed by atoms with van der Waals surface area (Å²) in [5.41, 5.74) is 0.369. The Morgan fingerprint density at radius 2 is 2.00 bits per heavy atom. The van der Waals surface area contributed by atoms with Gasteiger partial charge in [0.1, 0.15) is 11.4 Å². The first-order valence-electron chi connectivity index (χ1n) is 5.71. The number of hydrogen-bond acceptors (Lipinski definition) is 7. The van der Waals surface area contributed by atoms with Gasteiger partial charge in [-0.3, -0.25) is 14.8 Å². The molecule has 0 saturated heterocycles. The van der Waals surface area contributed by atoms with Crippen LogP contribution in [0.2, 0.25) is 0 Å². The SMILES string of the molecule is Cc1nn(CSc2nnc(C(F)(F)F)n2N)c(C)c1[N+](=O)[O-]. The molecular formula is C9H10F3N7O2S. The topological polar surface area (TPSA) is 118 Å². The Hall–Kier alpha value is -2.31. The van der Waals surface area contributed by atoms with Crippen LogP contribution < -0.4 is 5.84 Å². The molecule has 0 aromatic carbocycles. The monoisotopic (exact) mass is 337 g/mol. The maximum Gasteiger partial charge on any atom is 0.453 e. The van der Waals surface area contributed by atoms with Crippen LogP contribution in [0.1, 0.15) is 17.2 Å². The zero-order valence-electron chi connectivity index (χ0n) is 11.3. The van der Waals surface area contributed by atoms with Crippen LogP contribution in [0, 0.1) is 24.0 Å². The molecular weight excluding hydrogens is 327 g/mol. The Morgan fingerprint density at radius 1 is 1.36 bits per heavy atom. The van der Waals surface area contributed by atoms with Crippen molar-refractivity contribution in [2.45, 2.75) is 31.1 Å². The van der Waals surface area contributed by atoms with Crippen LogP contribution in [-0.4, -0.2) is 29.6 Å². The van der Waals surface area contributed by atoms with E-state index in [1.165, 1.54) is 18.5 Å². The van der Waals surface area contributed by atoms with Crippen molar-refractivity contribution in [2.24, 2.45) is 0 Å². The predicted molar refractivity (Wildman–Crippen MR) is 69.4 cm³/mol. The van der Waals surface area contributed by atoms with Crippen molar-refractivity contribution in [2.75, 3.05) is 5.84 Å². The van der Waals surface area contributed by atoms with Gasteiger partial charge in [-0.15, -0.1) is 10.2 Å². The van der Waals surface area contributed by atoms with Gasteiger partial charge in [-0.25, -0.2) is 4.68 Å². The second-order valence-electron chi connectivity index (χ2n) is 4.22. The van der Waals surface area contributed by atoms with Gasteiger partial charge in [0.2, 0.25) is 5.16 Å². The van der Waals surface area contributed by atoms with Crippen molar-refractivity contribution >= 4 is 17.4 Å². The largest absolute Gasteiger partial charge is 0.453 e. The molecule has 9 nitrogen and oxygen atoms in total. The molecule has 0 aliphatic rings. The van der Waals surface area contributed by atoms with E-state index in [1.807, 2.05) is 0 Å². The summed E-state index contributed by atoms with van der Waals surface area (Å²) >= 11 is 0.827. The first kappa shape index (κ1) is 16.1. The number of aromatic nitrogens is 5. The average Bonchev–Trinajstić information content (AvgIpc) is 2.87. The molecule has 120 valence electrons. The molecule has 0 spiro atoms. The lowest BCUT2D eigenvalue weighted by atomic mass is 10.3. The third kappa shape index (κ3) is 2.84. The first-order valence-corrected chi connectivity index (χ1v) is 6.70. The van der Waals surface area contributed by atoms with Gasteiger partial charge >= 0.3 is 11.9 Å². The van der Waals surface area contributed by atoms with Gasteiger partial charge in [-0.05, 0) is 13.8 Å². The number of alkyl halides is 3. The van der Waals surface area contributed by atoms with Crippen LogP contribution in [0.4, 0.5) is 18.9 Å². The minimum atomic E-state index is -4.71.